The van der Waals surface area contributed by atoms with Gasteiger partial charge in [-0.15, -0.1) is 0 Å². The van der Waals surface area contributed by atoms with Gasteiger partial charge in [-0.3, -0.25) is 4.79 Å². The maximum absolute atomic E-state index is 14.4. The smallest absolute Gasteiger partial charge is 0.268 e. The number of hydrogen-bond donors (Lipinski definition) is 3. The van der Waals surface area contributed by atoms with Crippen molar-refractivity contribution in [1.82, 2.24) is 9.97 Å². The van der Waals surface area contributed by atoms with Crippen LogP contribution in [-0.4, -0.2) is 21.5 Å². The van der Waals surface area contributed by atoms with Crippen molar-refractivity contribution >= 4 is 46.3 Å². The molecule has 0 spiro atoms. The number of aromatic nitrogens is 2. The monoisotopic (exact) mass is 466 g/mol. The van der Waals surface area contributed by atoms with Crippen LogP contribution in [0.3, 0.4) is 0 Å². The number of nitrogens with one attached hydrogen (secondary N) is 3. The van der Waals surface area contributed by atoms with Gasteiger partial charge in [-0.05, 0) is 56.2 Å². The average molecular weight is 467 g/mol. The van der Waals surface area contributed by atoms with Crippen LogP contribution in [0.15, 0.2) is 36.5 Å². The third-order valence-electron chi connectivity index (χ3n) is 5.05. The summed E-state index contributed by atoms with van der Waals surface area (Å²) >= 11 is 6.22. The highest BCUT2D eigenvalue weighted by Crippen LogP contribution is 2.36. The van der Waals surface area contributed by atoms with Crippen molar-refractivity contribution in [2.75, 3.05) is 16.0 Å². The van der Waals surface area contributed by atoms with Gasteiger partial charge in [0.15, 0.2) is 17.2 Å². The molecule has 4 rings (SSSR count). The first-order chi connectivity index (χ1) is 15.7. The largest absolute Gasteiger partial charge is 0.476 e. The second-order valence-corrected chi connectivity index (χ2v) is 8.26. The summed E-state index contributed by atoms with van der Waals surface area (Å²) in [5.74, 6) is -0.372. The lowest BCUT2D eigenvalue weighted by molar-refractivity contribution is -0.129. The van der Waals surface area contributed by atoms with Gasteiger partial charge in [0, 0.05) is 11.4 Å². The maximum Gasteiger partial charge on any atom is 0.268 e. The minimum atomic E-state index is -0.980. The Morgan fingerprint density at radius 1 is 1.24 bits per heavy atom. The molecule has 168 valence electrons. The molecule has 1 aliphatic rings. The number of benzene rings is 2. The number of fused-ring (bicyclic) bond motifs is 1. The van der Waals surface area contributed by atoms with E-state index < -0.39 is 11.4 Å². The summed E-state index contributed by atoms with van der Waals surface area (Å²) in [5, 5.41) is 18.4. The lowest BCUT2D eigenvalue weighted by Gasteiger charge is -2.31. The van der Waals surface area contributed by atoms with Gasteiger partial charge in [-0.2, -0.15) is 10.2 Å². The number of nitriles is 1. The van der Waals surface area contributed by atoms with Crippen molar-refractivity contribution in [3.63, 3.8) is 0 Å². The zero-order valence-electron chi connectivity index (χ0n) is 18.1. The standard InChI is InChI=1S/C23H20ClFN6O2/c1-4-12-7-15(8-13(10-26)19(12)24)29-22-27-11-16(25)20(31-22)28-14-5-6-18-17(9-14)30-21(32)23(2,3)33-18/h5-9,11H,4H2,1-3H3,(H,30,32)(H2,27,28,29,31). The van der Waals surface area contributed by atoms with Gasteiger partial charge in [-0.25, -0.2) is 9.37 Å². The lowest BCUT2D eigenvalue weighted by Crippen LogP contribution is -2.45. The summed E-state index contributed by atoms with van der Waals surface area (Å²) in [7, 11) is 0. The van der Waals surface area contributed by atoms with E-state index >= 15 is 0 Å². The molecule has 2 aromatic carbocycles. The predicted octanol–water partition coefficient (Wildman–Crippen LogP) is 5.30. The number of ether oxygens (including phenoxy) is 1. The fourth-order valence-electron chi connectivity index (χ4n) is 3.26. The number of amides is 1. The molecule has 0 saturated carbocycles. The molecule has 0 unspecified atom stereocenters. The van der Waals surface area contributed by atoms with Crippen molar-refractivity contribution in [2.24, 2.45) is 0 Å². The third kappa shape index (κ3) is 4.52. The fraction of sp³-hybridized carbons (Fsp3) is 0.217. The van der Waals surface area contributed by atoms with E-state index in [1.807, 2.05) is 6.92 Å². The number of aryl methyl sites for hydroxylation is 1. The van der Waals surface area contributed by atoms with Gasteiger partial charge in [0.1, 0.15) is 11.8 Å². The number of carbonyl (C=O) groups excluding carboxylic acids is 1. The van der Waals surface area contributed by atoms with Crippen molar-refractivity contribution in [2.45, 2.75) is 32.8 Å². The Bertz CT molecular complexity index is 1300. The van der Waals surface area contributed by atoms with Gasteiger partial charge < -0.3 is 20.7 Å². The van der Waals surface area contributed by atoms with Gasteiger partial charge in [0.25, 0.3) is 5.91 Å². The van der Waals surface area contributed by atoms with Crippen LogP contribution in [-0.2, 0) is 11.2 Å². The molecule has 0 atom stereocenters. The molecule has 0 saturated heterocycles. The van der Waals surface area contributed by atoms with Crippen LogP contribution in [0.25, 0.3) is 0 Å². The summed E-state index contributed by atoms with van der Waals surface area (Å²) in [4.78, 5) is 20.3. The Kier molecular flexibility index (Phi) is 5.78. The number of anilines is 5. The molecule has 10 heteroatoms. The molecule has 0 aliphatic carbocycles. The molecular weight excluding hydrogens is 447 g/mol. The van der Waals surface area contributed by atoms with E-state index in [-0.39, 0.29) is 17.7 Å². The number of carbonyl (C=O) groups is 1. The highest BCUT2D eigenvalue weighted by Gasteiger charge is 2.35. The minimum absolute atomic E-state index is 0.0685. The van der Waals surface area contributed by atoms with E-state index in [1.54, 1.807) is 44.2 Å². The van der Waals surface area contributed by atoms with Gasteiger partial charge in [0.05, 0.1) is 22.5 Å². The molecule has 1 amide bonds. The van der Waals surface area contributed by atoms with Gasteiger partial charge >= 0.3 is 0 Å². The van der Waals surface area contributed by atoms with E-state index in [0.29, 0.717) is 39.8 Å². The second-order valence-electron chi connectivity index (χ2n) is 7.88. The summed E-state index contributed by atoms with van der Waals surface area (Å²) < 4.78 is 20.1. The van der Waals surface area contributed by atoms with Crippen LogP contribution in [0.4, 0.5) is 33.2 Å². The van der Waals surface area contributed by atoms with E-state index in [1.165, 1.54) is 0 Å². The molecule has 33 heavy (non-hydrogen) atoms. The number of nitrogens with zero attached hydrogens (tertiary/aromatic N) is 3. The molecule has 0 fully saturated rings. The first-order valence-electron chi connectivity index (χ1n) is 10.1. The van der Waals surface area contributed by atoms with Crippen LogP contribution in [0.2, 0.25) is 5.02 Å². The van der Waals surface area contributed by atoms with E-state index in [2.05, 4.69) is 32.0 Å². The van der Waals surface area contributed by atoms with Crippen molar-refractivity contribution in [3.05, 3.63) is 58.5 Å². The van der Waals surface area contributed by atoms with E-state index in [9.17, 15) is 14.4 Å². The highest BCUT2D eigenvalue weighted by atomic mass is 35.5. The molecule has 8 nitrogen and oxygen atoms in total. The first-order valence-corrected chi connectivity index (χ1v) is 10.5. The highest BCUT2D eigenvalue weighted by molar-refractivity contribution is 6.32. The molecule has 1 aliphatic heterocycles. The zero-order valence-corrected chi connectivity index (χ0v) is 18.8. The van der Waals surface area contributed by atoms with Crippen LogP contribution >= 0.6 is 11.6 Å². The Morgan fingerprint density at radius 2 is 2.03 bits per heavy atom. The zero-order chi connectivity index (χ0) is 23.8. The Morgan fingerprint density at radius 3 is 2.76 bits per heavy atom. The summed E-state index contributed by atoms with van der Waals surface area (Å²) in [6.45, 7) is 5.27. The van der Waals surface area contributed by atoms with Crippen LogP contribution in [0, 0.1) is 17.1 Å². The first kappa shape index (κ1) is 22.3. The summed E-state index contributed by atoms with van der Waals surface area (Å²) in [5.41, 5.74) is 1.65. The number of rotatable bonds is 5. The Balaban J connectivity index is 1.59. The molecule has 3 N–H and O–H groups in total. The molecule has 3 aromatic rings. The Hall–Kier alpha value is -3.90. The lowest BCUT2D eigenvalue weighted by atomic mass is 10.1. The number of halogens is 2. The average Bonchev–Trinajstić information content (AvgIpc) is 2.78. The van der Waals surface area contributed by atoms with Gasteiger partial charge in [0.2, 0.25) is 5.95 Å². The second kappa shape index (κ2) is 8.56. The van der Waals surface area contributed by atoms with Crippen LogP contribution < -0.4 is 20.7 Å². The SMILES string of the molecule is CCc1cc(Nc2ncc(F)c(Nc3ccc4c(c3)NC(=O)C(C)(C)O4)n2)cc(C#N)c1Cl. The molecule has 1 aromatic heterocycles. The summed E-state index contributed by atoms with van der Waals surface area (Å²) in [6, 6.07) is 10.4. The van der Waals surface area contributed by atoms with Crippen molar-refractivity contribution in [1.29, 1.82) is 5.26 Å². The Labute approximate surface area is 194 Å². The topological polar surface area (TPSA) is 112 Å². The maximum atomic E-state index is 14.4. The predicted molar refractivity (Wildman–Crippen MR) is 124 cm³/mol. The summed E-state index contributed by atoms with van der Waals surface area (Å²) in [6.07, 6.45) is 1.67. The minimum Gasteiger partial charge on any atom is -0.476 e. The quantitative estimate of drug-likeness (QED) is 0.467. The molecule has 0 radical (unpaired) electrons. The third-order valence-corrected chi connectivity index (χ3v) is 5.50. The van der Waals surface area contributed by atoms with Crippen LogP contribution in [0.5, 0.6) is 5.75 Å². The van der Waals surface area contributed by atoms with E-state index in [0.717, 1.165) is 11.8 Å². The van der Waals surface area contributed by atoms with Crippen LogP contribution in [0.1, 0.15) is 31.9 Å². The molecule has 2 heterocycles. The molecular formula is C23H20ClFN6O2. The van der Waals surface area contributed by atoms with Crippen molar-refractivity contribution in [3.8, 4) is 11.8 Å². The molecule has 0 bridgehead atoms. The number of hydrogen-bond acceptors (Lipinski definition) is 7. The van der Waals surface area contributed by atoms with Crippen molar-refractivity contribution < 1.29 is 13.9 Å². The fourth-order valence-corrected chi connectivity index (χ4v) is 3.55. The van der Waals surface area contributed by atoms with E-state index in [4.69, 9.17) is 16.3 Å². The van der Waals surface area contributed by atoms with Gasteiger partial charge in [-0.1, -0.05) is 18.5 Å². The normalized spacial score (nSPS) is 13.9.